The van der Waals surface area contributed by atoms with Crippen LogP contribution in [0, 0.1) is 5.82 Å². The maximum absolute atomic E-state index is 13.8. The van der Waals surface area contributed by atoms with Gasteiger partial charge in [0, 0.05) is 49.1 Å². The molecule has 0 bridgehead atoms. The van der Waals surface area contributed by atoms with Gasteiger partial charge in [-0.1, -0.05) is 54.6 Å². The molecule has 4 aromatic rings. The lowest BCUT2D eigenvalue weighted by molar-refractivity contribution is -0.137. The molecule has 0 aliphatic heterocycles. The van der Waals surface area contributed by atoms with Gasteiger partial charge in [0.25, 0.3) is 11.8 Å². The third-order valence-electron chi connectivity index (χ3n) is 6.21. The van der Waals surface area contributed by atoms with Gasteiger partial charge in [0.1, 0.15) is 5.82 Å². The standard InChI is InChI=1S/C31H28FN3O4/c32-23-9-7-8-22(20-23)21-34-30(38)27-13-3-1-11-25(27)26-12-2-4-14-28(26)31(39)35(19-16-29(36)37)18-15-24-10-5-6-17-33-24/h1-14,17,20H,15-16,18-19,21H2,(H,34,38)(H,36,37). The average Bonchev–Trinajstić information content (AvgIpc) is 2.96. The topological polar surface area (TPSA) is 99.6 Å². The van der Waals surface area contributed by atoms with Crippen LogP contribution in [0.5, 0.6) is 0 Å². The molecule has 0 atom stereocenters. The van der Waals surface area contributed by atoms with Crippen molar-refractivity contribution in [2.24, 2.45) is 0 Å². The van der Waals surface area contributed by atoms with E-state index in [1.165, 1.54) is 17.0 Å². The summed E-state index contributed by atoms with van der Waals surface area (Å²) in [7, 11) is 0. The number of hydrogen-bond acceptors (Lipinski definition) is 4. The lowest BCUT2D eigenvalue weighted by Gasteiger charge is -2.24. The zero-order valence-corrected chi connectivity index (χ0v) is 21.2. The molecule has 0 radical (unpaired) electrons. The Morgan fingerprint density at radius 1 is 0.821 bits per heavy atom. The van der Waals surface area contributed by atoms with E-state index in [1.807, 2.05) is 12.1 Å². The lowest BCUT2D eigenvalue weighted by atomic mass is 9.94. The molecule has 0 aliphatic carbocycles. The molecule has 0 spiro atoms. The minimum atomic E-state index is -1.00. The molecular weight excluding hydrogens is 497 g/mol. The van der Waals surface area contributed by atoms with Gasteiger partial charge in [0.2, 0.25) is 0 Å². The van der Waals surface area contributed by atoms with Crippen molar-refractivity contribution in [2.75, 3.05) is 13.1 Å². The molecule has 2 amide bonds. The zero-order valence-electron chi connectivity index (χ0n) is 21.2. The van der Waals surface area contributed by atoms with Crippen molar-refractivity contribution in [3.05, 3.63) is 125 Å². The smallest absolute Gasteiger partial charge is 0.305 e. The number of halogens is 1. The molecule has 198 valence electrons. The van der Waals surface area contributed by atoms with Crippen molar-refractivity contribution in [1.82, 2.24) is 15.2 Å². The molecule has 0 unspecified atom stereocenters. The number of nitrogens with zero attached hydrogens (tertiary/aromatic N) is 2. The van der Waals surface area contributed by atoms with Crippen molar-refractivity contribution < 1.29 is 23.9 Å². The van der Waals surface area contributed by atoms with Gasteiger partial charge in [0.15, 0.2) is 0 Å². The van der Waals surface area contributed by atoms with Crippen molar-refractivity contribution in [1.29, 1.82) is 0 Å². The van der Waals surface area contributed by atoms with Crippen LogP contribution < -0.4 is 5.32 Å². The maximum Gasteiger partial charge on any atom is 0.305 e. The molecular formula is C31H28FN3O4. The Kier molecular flexibility index (Phi) is 9.13. The first-order valence-corrected chi connectivity index (χ1v) is 12.5. The molecule has 39 heavy (non-hydrogen) atoms. The monoisotopic (exact) mass is 525 g/mol. The fourth-order valence-electron chi connectivity index (χ4n) is 4.26. The summed E-state index contributed by atoms with van der Waals surface area (Å²) in [5.74, 6) is -2.09. The number of nitrogens with one attached hydrogen (secondary N) is 1. The molecule has 3 aromatic carbocycles. The molecule has 1 aromatic heterocycles. The molecule has 2 N–H and O–H groups in total. The van der Waals surface area contributed by atoms with Crippen LogP contribution >= 0.6 is 0 Å². The van der Waals surface area contributed by atoms with Crippen molar-refractivity contribution in [2.45, 2.75) is 19.4 Å². The number of carbonyl (C=O) groups excluding carboxylic acids is 2. The molecule has 0 aliphatic rings. The second kappa shape index (κ2) is 13.1. The molecule has 0 saturated carbocycles. The predicted molar refractivity (Wildman–Crippen MR) is 146 cm³/mol. The Morgan fingerprint density at radius 3 is 2.21 bits per heavy atom. The van der Waals surface area contributed by atoms with Crippen LogP contribution in [-0.4, -0.2) is 45.9 Å². The van der Waals surface area contributed by atoms with E-state index in [0.717, 1.165) is 5.69 Å². The quantitative estimate of drug-likeness (QED) is 0.288. The Morgan fingerprint density at radius 2 is 1.51 bits per heavy atom. The number of aromatic nitrogens is 1. The fraction of sp³-hybridized carbons (Fsp3) is 0.161. The van der Waals surface area contributed by atoms with Crippen molar-refractivity contribution in [3.63, 3.8) is 0 Å². The first-order chi connectivity index (χ1) is 18.9. The van der Waals surface area contributed by atoms with Crippen LogP contribution in [0.2, 0.25) is 0 Å². The highest BCUT2D eigenvalue weighted by atomic mass is 19.1. The van der Waals surface area contributed by atoms with Gasteiger partial charge >= 0.3 is 5.97 Å². The van der Waals surface area contributed by atoms with Crippen LogP contribution in [0.25, 0.3) is 11.1 Å². The van der Waals surface area contributed by atoms with Crippen LogP contribution in [0.15, 0.2) is 97.2 Å². The summed E-state index contributed by atoms with van der Waals surface area (Å²) in [6.45, 7) is 0.459. The molecule has 4 rings (SSSR count). The Bertz CT molecular complexity index is 1460. The molecule has 0 saturated heterocycles. The average molecular weight is 526 g/mol. The van der Waals surface area contributed by atoms with Gasteiger partial charge in [-0.05, 0) is 53.1 Å². The number of pyridine rings is 1. The maximum atomic E-state index is 13.8. The normalized spacial score (nSPS) is 10.6. The number of carbonyl (C=O) groups is 3. The van der Waals surface area contributed by atoms with E-state index in [4.69, 9.17) is 0 Å². The number of aliphatic carboxylic acids is 1. The summed E-state index contributed by atoms with van der Waals surface area (Å²) in [4.78, 5) is 44.1. The SMILES string of the molecule is O=C(O)CCN(CCc1ccccn1)C(=O)c1ccccc1-c1ccccc1C(=O)NCc1cccc(F)c1. The van der Waals surface area contributed by atoms with Crippen LogP contribution in [0.3, 0.4) is 0 Å². The van der Waals surface area contributed by atoms with Crippen LogP contribution in [-0.2, 0) is 17.8 Å². The van der Waals surface area contributed by atoms with Crippen LogP contribution in [0.4, 0.5) is 4.39 Å². The summed E-state index contributed by atoms with van der Waals surface area (Å²) in [5.41, 5.74) is 3.24. The lowest BCUT2D eigenvalue weighted by Crippen LogP contribution is -2.35. The number of benzene rings is 3. The number of carboxylic acid groups (broad SMARTS) is 1. The predicted octanol–water partition coefficient (Wildman–Crippen LogP) is 4.98. The highest BCUT2D eigenvalue weighted by Gasteiger charge is 2.22. The van der Waals surface area contributed by atoms with Crippen molar-refractivity contribution in [3.8, 4) is 11.1 Å². The van der Waals surface area contributed by atoms with Gasteiger partial charge in [-0.25, -0.2) is 4.39 Å². The summed E-state index contributed by atoms with van der Waals surface area (Å²) in [5, 5.41) is 12.1. The van der Waals surface area contributed by atoms with E-state index < -0.39 is 5.97 Å². The van der Waals surface area contributed by atoms with E-state index in [1.54, 1.807) is 72.9 Å². The van der Waals surface area contributed by atoms with E-state index in [2.05, 4.69) is 10.3 Å². The Balaban J connectivity index is 1.60. The summed E-state index contributed by atoms with van der Waals surface area (Å²) in [6.07, 6.45) is 1.94. The summed E-state index contributed by atoms with van der Waals surface area (Å²) in [6, 6.07) is 25.4. The number of amides is 2. The summed E-state index contributed by atoms with van der Waals surface area (Å²) < 4.78 is 13.6. The number of hydrogen-bond donors (Lipinski definition) is 2. The number of rotatable bonds is 11. The first kappa shape index (κ1) is 27.2. The van der Waals surface area contributed by atoms with Gasteiger partial charge in [0.05, 0.1) is 6.42 Å². The van der Waals surface area contributed by atoms with Gasteiger partial charge < -0.3 is 15.3 Å². The largest absolute Gasteiger partial charge is 0.481 e. The highest BCUT2D eigenvalue weighted by Crippen LogP contribution is 2.28. The molecule has 7 nitrogen and oxygen atoms in total. The minimum Gasteiger partial charge on any atom is -0.481 e. The Labute approximate surface area is 225 Å². The van der Waals surface area contributed by atoms with Crippen molar-refractivity contribution >= 4 is 17.8 Å². The van der Waals surface area contributed by atoms with Gasteiger partial charge in [-0.15, -0.1) is 0 Å². The molecule has 0 fully saturated rings. The second-order valence-electron chi connectivity index (χ2n) is 8.91. The molecule has 8 heteroatoms. The summed E-state index contributed by atoms with van der Waals surface area (Å²) >= 11 is 0. The highest BCUT2D eigenvalue weighted by molar-refractivity contribution is 6.06. The van der Waals surface area contributed by atoms with Gasteiger partial charge in [-0.2, -0.15) is 0 Å². The van der Waals surface area contributed by atoms with E-state index in [0.29, 0.717) is 34.2 Å². The second-order valence-corrected chi connectivity index (χ2v) is 8.91. The third-order valence-corrected chi connectivity index (χ3v) is 6.21. The third kappa shape index (κ3) is 7.35. The first-order valence-electron chi connectivity index (χ1n) is 12.5. The zero-order chi connectivity index (χ0) is 27.6. The Hall–Kier alpha value is -4.85. The minimum absolute atomic E-state index is 0.0328. The molecule has 1 heterocycles. The van der Waals surface area contributed by atoms with E-state index in [9.17, 15) is 23.9 Å². The van der Waals surface area contributed by atoms with Gasteiger partial charge in [-0.3, -0.25) is 19.4 Å². The fourth-order valence-corrected chi connectivity index (χ4v) is 4.26. The van der Waals surface area contributed by atoms with E-state index >= 15 is 0 Å². The number of carboxylic acids is 1. The van der Waals surface area contributed by atoms with Crippen LogP contribution in [0.1, 0.15) is 38.4 Å². The van der Waals surface area contributed by atoms with E-state index in [-0.39, 0.29) is 43.7 Å².